The molecule has 4 rings (SSSR count). The minimum absolute atomic E-state index is 0.0275. The van der Waals surface area contributed by atoms with Crippen LogP contribution in [0, 0.1) is 0 Å². The standard InChI is InChI=1S/C18H17NO3S2/c20-17-16(24-18(23)19(17)10-14-5-3-7-21-14)9-12-8-13-4-1-2-6-15(13)22-11-12/h1-2,4,6,8-9,14H,3,5,7,10-11H2/b16-9+/t14-/m1/s1. The summed E-state index contributed by atoms with van der Waals surface area (Å²) in [5.74, 6) is 0.848. The molecular formula is C18H17NO3S2. The highest BCUT2D eigenvalue weighted by Gasteiger charge is 2.34. The molecule has 0 N–H and O–H groups in total. The van der Waals surface area contributed by atoms with Crippen LogP contribution in [0.4, 0.5) is 0 Å². The Morgan fingerprint density at radius 2 is 2.25 bits per heavy atom. The Balaban J connectivity index is 1.52. The molecule has 2 saturated heterocycles. The van der Waals surface area contributed by atoms with E-state index >= 15 is 0 Å². The molecule has 0 radical (unpaired) electrons. The van der Waals surface area contributed by atoms with Gasteiger partial charge in [-0.2, -0.15) is 0 Å². The second-order valence-corrected chi connectivity index (χ2v) is 7.65. The minimum atomic E-state index is -0.0275. The topological polar surface area (TPSA) is 38.8 Å². The zero-order chi connectivity index (χ0) is 16.5. The smallest absolute Gasteiger partial charge is 0.266 e. The van der Waals surface area contributed by atoms with Crippen LogP contribution >= 0.6 is 24.0 Å². The molecule has 0 aliphatic carbocycles. The van der Waals surface area contributed by atoms with Crippen molar-refractivity contribution in [2.75, 3.05) is 19.8 Å². The van der Waals surface area contributed by atoms with Crippen LogP contribution in [0.25, 0.3) is 6.08 Å². The molecule has 0 spiro atoms. The predicted molar refractivity (Wildman–Crippen MR) is 98.9 cm³/mol. The largest absolute Gasteiger partial charge is 0.488 e. The van der Waals surface area contributed by atoms with Gasteiger partial charge in [-0.3, -0.25) is 9.69 Å². The first-order chi connectivity index (χ1) is 11.7. The molecule has 24 heavy (non-hydrogen) atoms. The second kappa shape index (κ2) is 6.70. The van der Waals surface area contributed by atoms with E-state index in [1.54, 1.807) is 4.90 Å². The van der Waals surface area contributed by atoms with E-state index in [2.05, 4.69) is 6.08 Å². The normalized spacial score (nSPS) is 25.0. The van der Waals surface area contributed by atoms with Crippen LogP contribution in [-0.2, 0) is 9.53 Å². The number of amides is 1. The Kier molecular flexibility index (Phi) is 4.43. The van der Waals surface area contributed by atoms with Crippen molar-refractivity contribution < 1.29 is 14.3 Å². The fourth-order valence-electron chi connectivity index (χ4n) is 3.03. The number of fused-ring (bicyclic) bond motifs is 1. The molecule has 1 amide bonds. The molecule has 3 heterocycles. The molecule has 2 fully saturated rings. The van der Waals surface area contributed by atoms with Crippen molar-refractivity contribution in [3.63, 3.8) is 0 Å². The van der Waals surface area contributed by atoms with Crippen molar-refractivity contribution in [2.45, 2.75) is 18.9 Å². The fourth-order valence-corrected chi connectivity index (χ4v) is 4.33. The first kappa shape index (κ1) is 15.9. The summed E-state index contributed by atoms with van der Waals surface area (Å²) in [6.45, 7) is 1.80. The number of thiocarbonyl (C=S) groups is 1. The Labute approximate surface area is 150 Å². The number of carbonyl (C=O) groups is 1. The summed E-state index contributed by atoms with van der Waals surface area (Å²) in [5.41, 5.74) is 2.01. The molecular weight excluding hydrogens is 342 g/mol. The van der Waals surface area contributed by atoms with Crippen molar-refractivity contribution in [3.8, 4) is 5.75 Å². The van der Waals surface area contributed by atoms with Gasteiger partial charge in [-0.25, -0.2) is 0 Å². The second-order valence-electron chi connectivity index (χ2n) is 5.97. The maximum atomic E-state index is 12.6. The number of hydrogen-bond donors (Lipinski definition) is 0. The van der Waals surface area contributed by atoms with Crippen LogP contribution < -0.4 is 4.74 Å². The van der Waals surface area contributed by atoms with Gasteiger partial charge in [0.05, 0.1) is 17.6 Å². The first-order valence-corrected chi connectivity index (χ1v) is 9.22. The lowest BCUT2D eigenvalue weighted by atomic mass is 10.1. The first-order valence-electron chi connectivity index (χ1n) is 8.00. The number of nitrogens with zero attached hydrogens (tertiary/aromatic N) is 1. The zero-order valence-electron chi connectivity index (χ0n) is 13.1. The summed E-state index contributed by atoms with van der Waals surface area (Å²) in [5, 5.41) is 0. The molecule has 3 aliphatic heterocycles. The van der Waals surface area contributed by atoms with E-state index in [4.69, 9.17) is 21.7 Å². The van der Waals surface area contributed by atoms with Crippen LogP contribution in [0.1, 0.15) is 18.4 Å². The van der Waals surface area contributed by atoms with E-state index in [1.165, 1.54) is 11.8 Å². The average molecular weight is 359 g/mol. The Hall–Kier alpha value is -1.63. The van der Waals surface area contributed by atoms with Gasteiger partial charge >= 0.3 is 0 Å². The van der Waals surface area contributed by atoms with Gasteiger partial charge < -0.3 is 9.47 Å². The average Bonchev–Trinajstić information content (AvgIpc) is 3.19. The quantitative estimate of drug-likeness (QED) is 0.611. The van der Waals surface area contributed by atoms with E-state index in [0.717, 1.165) is 36.3 Å². The molecule has 3 aliphatic rings. The van der Waals surface area contributed by atoms with Gasteiger partial charge in [-0.15, -0.1) is 0 Å². The monoisotopic (exact) mass is 359 g/mol. The van der Waals surface area contributed by atoms with Crippen molar-refractivity contribution in [1.82, 2.24) is 4.90 Å². The minimum Gasteiger partial charge on any atom is -0.488 e. The third-order valence-electron chi connectivity index (χ3n) is 4.25. The summed E-state index contributed by atoms with van der Waals surface area (Å²) in [6.07, 6.45) is 6.11. The highest BCUT2D eigenvalue weighted by Crippen LogP contribution is 2.34. The summed E-state index contributed by atoms with van der Waals surface area (Å²) in [6, 6.07) is 7.88. The molecule has 1 atom stereocenters. The third kappa shape index (κ3) is 3.14. The Morgan fingerprint density at radius 1 is 1.38 bits per heavy atom. The van der Waals surface area contributed by atoms with Crippen molar-refractivity contribution in [2.24, 2.45) is 0 Å². The van der Waals surface area contributed by atoms with Crippen LogP contribution in [-0.4, -0.2) is 41.0 Å². The predicted octanol–water partition coefficient (Wildman–Crippen LogP) is 3.39. The van der Waals surface area contributed by atoms with Gasteiger partial charge in [0.1, 0.15) is 16.7 Å². The summed E-state index contributed by atoms with van der Waals surface area (Å²) in [4.78, 5) is 15.0. The van der Waals surface area contributed by atoms with Gasteiger partial charge in [0, 0.05) is 12.2 Å². The van der Waals surface area contributed by atoms with Crippen LogP contribution in [0.3, 0.4) is 0 Å². The number of carbonyl (C=O) groups excluding carboxylic acids is 1. The highest BCUT2D eigenvalue weighted by molar-refractivity contribution is 8.26. The van der Waals surface area contributed by atoms with Gasteiger partial charge in [-0.05, 0) is 36.6 Å². The van der Waals surface area contributed by atoms with Crippen LogP contribution in [0.15, 0.2) is 40.8 Å². The SMILES string of the molecule is O=C1/C(=C\C2=Cc3ccccc3OC2)SC(=S)N1C[C@H]1CCCO1. The lowest BCUT2D eigenvalue weighted by Gasteiger charge is -2.18. The molecule has 0 aromatic heterocycles. The van der Waals surface area contributed by atoms with Gasteiger partial charge in [-0.1, -0.05) is 42.2 Å². The zero-order valence-corrected chi connectivity index (χ0v) is 14.7. The van der Waals surface area contributed by atoms with E-state index < -0.39 is 0 Å². The molecule has 0 saturated carbocycles. The van der Waals surface area contributed by atoms with Crippen molar-refractivity contribution >= 4 is 40.3 Å². The van der Waals surface area contributed by atoms with E-state index in [0.29, 0.717) is 22.4 Å². The molecule has 0 unspecified atom stereocenters. The number of ether oxygens (including phenoxy) is 2. The van der Waals surface area contributed by atoms with E-state index in [9.17, 15) is 4.79 Å². The maximum Gasteiger partial charge on any atom is 0.266 e. The molecule has 124 valence electrons. The number of hydrogen-bond acceptors (Lipinski definition) is 5. The fraction of sp³-hybridized carbons (Fsp3) is 0.333. The summed E-state index contributed by atoms with van der Waals surface area (Å²) in [7, 11) is 0. The van der Waals surface area contributed by atoms with Gasteiger partial charge in [0.25, 0.3) is 5.91 Å². The van der Waals surface area contributed by atoms with Gasteiger partial charge in [0.2, 0.25) is 0 Å². The summed E-state index contributed by atoms with van der Waals surface area (Å²) >= 11 is 6.74. The summed E-state index contributed by atoms with van der Waals surface area (Å²) < 4.78 is 12.0. The van der Waals surface area contributed by atoms with E-state index in [1.807, 2.05) is 30.3 Å². The van der Waals surface area contributed by atoms with E-state index in [-0.39, 0.29) is 12.0 Å². The Morgan fingerprint density at radius 3 is 3.08 bits per heavy atom. The Bertz CT molecular complexity index is 750. The molecule has 6 heteroatoms. The maximum absolute atomic E-state index is 12.6. The number of rotatable bonds is 3. The molecule has 1 aromatic rings. The van der Waals surface area contributed by atoms with Gasteiger partial charge in [0.15, 0.2) is 0 Å². The number of thioether (sulfide) groups is 1. The molecule has 1 aromatic carbocycles. The highest BCUT2D eigenvalue weighted by atomic mass is 32.2. The number of benzene rings is 1. The van der Waals surface area contributed by atoms with Crippen LogP contribution in [0.2, 0.25) is 0 Å². The lowest BCUT2D eigenvalue weighted by molar-refractivity contribution is -0.123. The molecule has 0 bridgehead atoms. The lowest BCUT2D eigenvalue weighted by Crippen LogP contribution is -2.35. The number of para-hydroxylation sites is 1. The van der Waals surface area contributed by atoms with Crippen molar-refractivity contribution in [1.29, 1.82) is 0 Å². The molecule has 4 nitrogen and oxygen atoms in total. The van der Waals surface area contributed by atoms with Crippen LogP contribution in [0.5, 0.6) is 5.75 Å². The third-order valence-corrected chi connectivity index (χ3v) is 5.63. The van der Waals surface area contributed by atoms with Crippen molar-refractivity contribution in [3.05, 3.63) is 46.4 Å².